The third-order valence-electron chi connectivity index (χ3n) is 5.25. The van der Waals surface area contributed by atoms with Crippen LogP contribution in [0.25, 0.3) is 0 Å². The molecule has 3 atom stereocenters. The molecule has 1 aliphatic heterocycles. The smallest absolute Gasteiger partial charge is 0.378 e. The maximum absolute atomic E-state index is 13.0. The van der Waals surface area contributed by atoms with Gasteiger partial charge in [0, 0.05) is 5.69 Å². The van der Waals surface area contributed by atoms with E-state index in [4.69, 9.17) is 0 Å². The highest BCUT2D eigenvalue weighted by Crippen LogP contribution is 2.53. The fourth-order valence-corrected chi connectivity index (χ4v) is 4.22. The maximum Gasteiger partial charge on any atom is 0.416 e. The SMILES string of the molecule is FC(F)(F)c1ccc2c(c1)[C@H]1CCCC1[C@H](c1ccccc1)N2. The topological polar surface area (TPSA) is 12.0 Å². The van der Waals surface area contributed by atoms with E-state index < -0.39 is 11.7 Å². The van der Waals surface area contributed by atoms with Crippen LogP contribution in [0.2, 0.25) is 0 Å². The first-order valence-electron chi connectivity index (χ1n) is 8.06. The molecule has 23 heavy (non-hydrogen) atoms. The van der Waals surface area contributed by atoms with Crippen LogP contribution in [-0.2, 0) is 6.18 Å². The van der Waals surface area contributed by atoms with Gasteiger partial charge < -0.3 is 5.32 Å². The quantitative estimate of drug-likeness (QED) is 0.705. The van der Waals surface area contributed by atoms with Crippen molar-refractivity contribution in [1.82, 2.24) is 0 Å². The van der Waals surface area contributed by atoms with Gasteiger partial charge in [0.1, 0.15) is 0 Å². The molecule has 1 unspecified atom stereocenters. The van der Waals surface area contributed by atoms with Crippen molar-refractivity contribution >= 4 is 5.69 Å². The molecule has 2 aromatic carbocycles. The Morgan fingerprint density at radius 3 is 2.48 bits per heavy atom. The second kappa shape index (κ2) is 5.29. The molecule has 0 aromatic heterocycles. The standard InChI is InChI=1S/C19H18F3N/c20-19(21,22)13-9-10-17-16(11-13)14-7-4-8-15(14)18(23-17)12-5-2-1-3-6-12/h1-3,5-6,9-11,14-15,18,23H,4,7-8H2/t14-,15?,18-/m0/s1. The molecule has 0 spiro atoms. The molecule has 1 saturated carbocycles. The van der Waals surface area contributed by atoms with Gasteiger partial charge in [0.25, 0.3) is 0 Å². The fraction of sp³-hybridized carbons (Fsp3) is 0.368. The summed E-state index contributed by atoms with van der Waals surface area (Å²) in [5.41, 5.74) is 2.38. The Balaban J connectivity index is 1.77. The van der Waals surface area contributed by atoms with Crippen LogP contribution < -0.4 is 5.32 Å². The van der Waals surface area contributed by atoms with Crippen molar-refractivity contribution in [3.63, 3.8) is 0 Å². The predicted molar refractivity (Wildman–Crippen MR) is 84.3 cm³/mol. The first kappa shape index (κ1) is 14.6. The molecule has 2 aliphatic rings. The van der Waals surface area contributed by atoms with E-state index in [1.165, 1.54) is 17.7 Å². The number of halogens is 3. The van der Waals surface area contributed by atoms with Crippen molar-refractivity contribution in [1.29, 1.82) is 0 Å². The Morgan fingerprint density at radius 2 is 1.74 bits per heavy atom. The van der Waals surface area contributed by atoms with E-state index in [0.717, 1.165) is 30.5 Å². The molecule has 120 valence electrons. The Hall–Kier alpha value is -1.97. The zero-order valence-electron chi connectivity index (χ0n) is 12.6. The van der Waals surface area contributed by atoms with Crippen LogP contribution in [0.3, 0.4) is 0 Å². The number of nitrogens with one attached hydrogen (secondary N) is 1. The average Bonchev–Trinajstić information content (AvgIpc) is 3.03. The molecular weight excluding hydrogens is 299 g/mol. The van der Waals surface area contributed by atoms with Gasteiger partial charge in [0.2, 0.25) is 0 Å². The maximum atomic E-state index is 13.0. The molecule has 0 saturated heterocycles. The lowest BCUT2D eigenvalue weighted by Gasteiger charge is -2.38. The molecule has 1 N–H and O–H groups in total. The zero-order chi connectivity index (χ0) is 16.0. The predicted octanol–water partition coefficient (Wildman–Crippen LogP) is 5.76. The van der Waals surface area contributed by atoms with E-state index in [-0.39, 0.29) is 12.0 Å². The van der Waals surface area contributed by atoms with Crippen LogP contribution in [0.15, 0.2) is 48.5 Å². The van der Waals surface area contributed by atoms with Gasteiger partial charge in [-0.25, -0.2) is 0 Å². The van der Waals surface area contributed by atoms with E-state index in [1.54, 1.807) is 6.07 Å². The first-order chi connectivity index (χ1) is 11.0. The summed E-state index contributed by atoms with van der Waals surface area (Å²) in [6.45, 7) is 0. The highest BCUT2D eigenvalue weighted by atomic mass is 19.4. The number of hydrogen-bond acceptors (Lipinski definition) is 1. The molecule has 1 nitrogen and oxygen atoms in total. The highest BCUT2D eigenvalue weighted by molar-refractivity contribution is 5.59. The number of anilines is 1. The Bertz CT molecular complexity index is 708. The average molecular weight is 317 g/mol. The van der Waals surface area contributed by atoms with Crippen molar-refractivity contribution in [2.45, 2.75) is 37.4 Å². The Kier molecular flexibility index (Phi) is 3.36. The van der Waals surface area contributed by atoms with Crippen LogP contribution >= 0.6 is 0 Å². The summed E-state index contributed by atoms with van der Waals surface area (Å²) in [4.78, 5) is 0. The Morgan fingerprint density at radius 1 is 0.957 bits per heavy atom. The molecule has 0 bridgehead atoms. The van der Waals surface area contributed by atoms with Crippen molar-refractivity contribution in [3.05, 3.63) is 65.2 Å². The van der Waals surface area contributed by atoms with E-state index in [0.29, 0.717) is 5.92 Å². The largest absolute Gasteiger partial charge is 0.416 e. The number of benzene rings is 2. The van der Waals surface area contributed by atoms with Crippen LogP contribution in [0.4, 0.5) is 18.9 Å². The monoisotopic (exact) mass is 317 g/mol. The summed E-state index contributed by atoms with van der Waals surface area (Å²) < 4.78 is 39.1. The van der Waals surface area contributed by atoms with Gasteiger partial charge in [-0.3, -0.25) is 0 Å². The summed E-state index contributed by atoms with van der Waals surface area (Å²) in [6, 6.07) is 14.5. The van der Waals surface area contributed by atoms with Crippen molar-refractivity contribution in [3.8, 4) is 0 Å². The molecule has 1 fully saturated rings. The molecule has 0 radical (unpaired) electrons. The van der Waals surface area contributed by atoms with Crippen LogP contribution in [0.1, 0.15) is 47.9 Å². The van der Waals surface area contributed by atoms with Gasteiger partial charge in [-0.15, -0.1) is 0 Å². The summed E-state index contributed by atoms with van der Waals surface area (Å²) >= 11 is 0. The van der Waals surface area contributed by atoms with E-state index >= 15 is 0 Å². The summed E-state index contributed by atoms with van der Waals surface area (Å²) in [6.07, 6.45) is -1.16. The van der Waals surface area contributed by atoms with Crippen LogP contribution in [-0.4, -0.2) is 0 Å². The van der Waals surface area contributed by atoms with Gasteiger partial charge in [0.15, 0.2) is 0 Å². The van der Waals surface area contributed by atoms with E-state index in [1.807, 2.05) is 18.2 Å². The number of fused-ring (bicyclic) bond motifs is 3. The van der Waals surface area contributed by atoms with Gasteiger partial charge >= 0.3 is 6.18 Å². The van der Waals surface area contributed by atoms with E-state index in [9.17, 15) is 13.2 Å². The molecule has 2 aromatic rings. The molecule has 1 aliphatic carbocycles. The summed E-state index contributed by atoms with van der Waals surface area (Å²) in [5.74, 6) is 0.590. The fourth-order valence-electron chi connectivity index (χ4n) is 4.22. The van der Waals surface area contributed by atoms with Crippen LogP contribution in [0.5, 0.6) is 0 Å². The lowest BCUT2D eigenvalue weighted by atomic mass is 9.77. The number of hydrogen-bond donors (Lipinski definition) is 1. The minimum atomic E-state index is -4.28. The summed E-state index contributed by atoms with van der Waals surface area (Å²) in [7, 11) is 0. The van der Waals surface area contributed by atoms with Crippen molar-refractivity contribution < 1.29 is 13.2 Å². The minimum absolute atomic E-state index is 0.188. The molecular formula is C19H18F3N. The van der Waals surface area contributed by atoms with E-state index in [2.05, 4.69) is 17.4 Å². The van der Waals surface area contributed by atoms with Gasteiger partial charge in [-0.2, -0.15) is 13.2 Å². The first-order valence-corrected chi connectivity index (χ1v) is 8.06. The number of rotatable bonds is 1. The van der Waals surface area contributed by atoms with Crippen molar-refractivity contribution in [2.24, 2.45) is 5.92 Å². The molecule has 4 heteroatoms. The zero-order valence-corrected chi connectivity index (χ0v) is 12.6. The highest BCUT2D eigenvalue weighted by Gasteiger charge is 2.41. The minimum Gasteiger partial charge on any atom is -0.378 e. The summed E-state index contributed by atoms with van der Waals surface area (Å²) in [5, 5.41) is 3.50. The van der Waals surface area contributed by atoms with Crippen molar-refractivity contribution in [2.75, 3.05) is 5.32 Å². The lowest BCUT2D eigenvalue weighted by molar-refractivity contribution is -0.137. The Labute approximate surface area is 133 Å². The molecule has 4 rings (SSSR count). The molecule has 0 amide bonds. The number of alkyl halides is 3. The van der Waals surface area contributed by atoms with Gasteiger partial charge in [-0.1, -0.05) is 36.8 Å². The van der Waals surface area contributed by atoms with Gasteiger partial charge in [0.05, 0.1) is 11.6 Å². The lowest BCUT2D eigenvalue weighted by Crippen LogP contribution is -2.29. The molecule has 1 heterocycles. The normalized spacial score (nSPS) is 26.3. The second-order valence-corrected chi connectivity index (χ2v) is 6.53. The second-order valence-electron chi connectivity index (χ2n) is 6.53. The van der Waals surface area contributed by atoms with Crippen LogP contribution in [0, 0.1) is 5.92 Å². The third kappa shape index (κ3) is 2.50. The van der Waals surface area contributed by atoms with Gasteiger partial charge in [-0.05, 0) is 54.0 Å². The third-order valence-corrected chi connectivity index (χ3v) is 5.25.